The highest BCUT2D eigenvalue weighted by Crippen LogP contribution is 2.21. The molecule has 1 saturated carbocycles. The molecule has 0 atom stereocenters. The third-order valence-electron chi connectivity index (χ3n) is 4.84. The second kappa shape index (κ2) is 9.47. The lowest BCUT2D eigenvalue weighted by atomic mass is 9.97. The maximum atomic E-state index is 12.5. The Hall–Kier alpha value is -2.30. The van der Waals surface area contributed by atoms with Crippen molar-refractivity contribution in [3.8, 4) is 0 Å². The number of thiazole rings is 1. The number of benzene rings is 1. The molecule has 3 rings (SSSR count). The van der Waals surface area contributed by atoms with Gasteiger partial charge < -0.3 is 5.32 Å². The van der Waals surface area contributed by atoms with Crippen molar-refractivity contribution in [2.45, 2.75) is 55.9 Å². The van der Waals surface area contributed by atoms with Gasteiger partial charge in [-0.05, 0) is 37.1 Å². The molecule has 10 heteroatoms. The predicted octanol–water partition coefficient (Wildman–Crippen LogP) is 2.89. The van der Waals surface area contributed by atoms with E-state index in [2.05, 4.69) is 15.6 Å². The predicted molar refractivity (Wildman–Crippen MR) is 111 cm³/mol. The fraction of sp³-hybridized carbons (Fsp3) is 0.421. The quantitative estimate of drug-likeness (QED) is 0.663. The van der Waals surface area contributed by atoms with Crippen molar-refractivity contribution in [1.29, 1.82) is 0 Å². The number of sulfonamides is 1. The smallest absolute Gasteiger partial charge is 0.263 e. The molecule has 0 saturated heterocycles. The van der Waals surface area contributed by atoms with E-state index in [0.717, 1.165) is 37.0 Å². The molecule has 1 fully saturated rings. The Bertz CT molecular complexity index is 962. The number of nitrogens with one attached hydrogen (secondary N) is 2. The van der Waals surface area contributed by atoms with Crippen LogP contribution in [0.5, 0.6) is 0 Å². The van der Waals surface area contributed by atoms with E-state index in [1.54, 1.807) is 0 Å². The summed E-state index contributed by atoms with van der Waals surface area (Å²) in [6.07, 6.45) is 9.36. The van der Waals surface area contributed by atoms with Gasteiger partial charge in [0, 0.05) is 11.6 Å². The van der Waals surface area contributed by atoms with Crippen molar-refractivity contribution >= 4 is 38.3 Å². The summed E-state index contributed by atoms with van der Waals surface area (Å²) < 4.78 is 22.6. The number of aromatic nitrogens is 1. The van der Waals surface area contributed by atoms with Crippen LogP contribution in [0.1, 0.15) is 65.0 Å². The zero-order chi connectivity index (χ0) is 20.9. The van der Waals surface area contributed by atoms with Gasteiger partial charge in [-0.25, -0.2) is 18.5 Å². The summed E-state index contributed by atoms with van der Waals surface area (Å²) in [5, 5.41) is 11.0. The van der Waals surface area contributed by atoms with Crippen LogP contribution in [0.4, 0.5) is 5.13 Å². The van der Waals surface area contributed by atoms with Crippen LogP contribution in [-0.2, 0) is 10.0 Å². The van der Waals surface area contributed by atoms with Crippen molar-refractivity contribution in [3.05, 3.63) is 40.9 Å². The number of carbonyl (C=O) groups is 2. The van der Waals surface area contributed by atoms with Crippen LogP contribution in [0.3, 0.4) is 0 Å². The van der Waals surface area contributed by atoms with Gasteiger partial charge >= 0.3 is 0 Å². The van der Waals surface area contributed by atoms with Gasteiger partial charge in [0.25, 0.3) is 11.8 Å². The van der Waals surface area contributed by atoms with Crippen molar-refractivity contribution in [2.75, 3.05) is 5.32 Å². The van der Waals surface area contributed by atoms with E-state index in [1.807, 2.05) is 0 Å². The Morgan fingerprint density at radius 3 is 2.24 bits per heavy atom. The largest absolute Gasteiger partial charge is 0.349 e. The van der Waals surface area contributed by atoms with E-state index in [1.165, 1.54) is 49.7 Å². The van der Waals surface area contributed by atoms with E-state index < -0.39 is 15.9 Å². The van der Waals surface area contributed by atoms with Crippen LogP contribution in [0.15, 0.2) is 35.4 Å². The first-order valence-corrected chi connectivity index (χ1v) is 11.9. The third-order valence-corrected chi connectivity index (χ3v) is 6.68. The second-order valence-electron chi connectivity index (χ2n) is 7.07. The molecule has 2 aromatic rings. The Morgan fingerprint density at radius 2 is 1.62 bits per heavy atom. The van der Waals surface area contributed by atoms with Gasteiger partial charge in [-0.15, -0.1) is 0 Å². The number of carbonyl (C=O) groups excluding carboxylic acids is 2. The van der Waals surface area contributed by atoms with Gasteiger partial charge in [-0.3, -0.25) is 14.9 Å². The fourth-order valence-corrected chi connectivity index (χ4v) is 4.49. The van der Waals surface area contributed by atoms with Gasteiger partial charge in [0.2, 0.25) is 10.0 Å². The van der Waals surface area contributed by atoms with Crippen molar-refractivity contribution in [3.63, 3.8) is 0 Å². The van der Waals surface area contributed by atoms with Crippen LogP contribution < -0.4 is 15.8 Å². The van der Waals surface area contributed by atoms with Crippen LogP contribution in [0.25, 0.3) is 0 Å². The first kappa shape index (κ1) is 21.4. The Morgan fingerprint density at radius 1 is 1.00 bits per heavy atom. The van der Waals surface area contributed by atoms with Gasteiger partial charge in [0.05, 0.1) is 11.1 Å². The lowest BCUT2D eigenvalue weighted by Gasteiger charge is -2.20. The summed E-state index contributed by atoms with van der Waals surface area (Å²) in [6, 6.07) is 5.44. The second-order valence-corrected chi connectivity index (χ2v) is 9.66. The molecule has 2 amide bonds. The highest BCUT2D eigenvalue weighted by Gasteiger charge is 2.18. The number of amides is 2. The number of hydrogen-bond acceptors (Lipinski definition) is 6. The van der Waals surface area contributed by atoms with Gasteiger partial charge in [-0.2, -0.15) is 0 Å². The summed E-state index contributed by atoms with van der Waals surface area (Å²) in [6.45, 7) is 0. The molecule has 29 heavy (non-hydrogen) atoms. The van der Waals surface area contributed by atoms with Crippen molar-refractivity contribution < 1.29 is 18.0 Å². The van der Waals surface area contributed by atoms with Crippen LogP contribution in [0.2, 0.25) is 0 Å². The minimum Gasteiger partial charge on any atom is -0.349 e. The third kappa shape index (κ3) is 6.09. The molecule has 1 heterocycles. The number of anilines is 1. The van der Waals surface area contributed by atoms with Crippen LogP contribution in [-0.4, -0.2) is 31.3 Å². The molecule has 0 bridgehead atoms. The number of hydrogen-bond donors (Lipinski definition) is 3. The molecule has 0 aliphatic heterocycles. The van der Waals surface area contributed by atoms with E-state index in [4.69, 9.17) is 5.14 Å². The highest BCUT2D eigenvalue weighted by atomic mass is 32.2. The molecule has 0 spiro atoms. The molecule has 1 aromatic heterocycles. The lowest BCUT2D eigenvalue weighted by Crippen LogP contribution is -2.34. The summed E-state index contributed by atoms with van der Waals surface area (Å²) in [4.78, 5) is 29.3. The first-order chi connectivity index (χ1) is 13.8. The fourth-order valence-electron chi connectivity index (χ4n) is 3.26. The summed E-state index contributed by atoms with van der Waals surface area (Å²) >= 11 is 1.10. The van der Waals surface area contributed by atoms with E-state index in [0.29, 0.717) is 10.0 Å². The standard InChI is InChI=1S/C19H24N4O4S2/c20-29(26,27)15-10-8-13(9-11-15)17(24)23-19-21-12-16(28-19)18(25)22-14-6-4-2-1-3-5-7-14/h8-12,14H,1-7H2,(H,22,25)(H2,20,26,27)(H,21,23,24). The van der Waals surface area contributed by atoms with Gasteiger partial charge in [-0.1, -0.05) is 43.4 Å². The summed E-state index contributed by atoms with van der Waals surface area (Å²) in [7, 11) is -3.81. The Labute approximate surface area is 174 Å². The topological polar surface area (TPSA) is 131 Å². The minimum absolute atomic E-state index is 0.0727. The number of rotatable bonds is 5. The van der Waals surface area contributed by atoms with Crippen molar-refractivity contribution in [1.82, 2.24) is 10.3 Å². The zero-order valence-corrected chi connectivity index (χ0v) is 17.5. The maximum absolute atomic E-state index is 12.5. The highest BCUT2D eigenvalue weighted by molar-refractivity contribution is 7.89. The van der Waals surface area contributed by atoms with E-state index in [9.17, 15) is 18.0 Å². The average molecular weight is 437 g/mol. The monoisotopic (exact) mass is 436 g/mol. The molecule has 1 aliphatic rings. The summed E-state index contributed by atoms with van der Waals surface area (Å²) in [5.41, 5.74) is 0.258. The number of primary sulfonamides is 1. The average Bonchev–Trinajstić information content (AvgIpc) is 3.12. The normalized spacial score (nSPS) is 15.9. The molecule has 1 aromatic carbocycles. The Balaban J connectivity index is 1.59. The van der Waals surface area contributed by atoms with Crippen LogP contribution >= 0.6 is 11.3 Å². The Kier molecular flexibility index (Phi) is 6.99. The lowest BCUT2D eigenvalue weighted by molar-refractivity contribution is 0.0933. The van der Waals surface area contributed by atoms with E-state index >= 15 is 0 Å². The maximum Gasteiger partial charge on any atom is 0.263 e. The van der Waals surface area contributed by atoms with Crippen molar-refractivity contribution in [2.24, 2.45) is 5.14 Å². The molecule has 156 valence electrons. The van der Waals surface area contributed by atoms with E-state index in [-0.39, 0.29) is 22.4 Å². The van der Waals surface area contributed by atoms with Gasteiger partial charge in [0.15, 0.2) is 5.13 Å². The van der Waals surface area contributed by atoms with Gasteiger partial charge in [0.1, 0.15) is 4.88 Å². The molecular weight excluding hydrogens is 412 g/mol. The molecule has 0 radical (unpaired) electrons. The molecule has 1 aliphatic carbocycles. The molecular formula is C19H24N4O4S2. The minimum atomic E-state index is -3.81. The molecule has 8 nitrogen and oxygen atoms in total. The zero-order valence-electron chi connectivity index (χ0n) is 15.9. The van der Waals surface area contributed by atoms with Crippen LogP contribution in [0, 0.1) is 0 Å². The number of nitrogens with zero attached hydrogens (tertiary/aromatic N) is 1. The number of nitrogens with two attached hydrogens (primary N) is 1. The summed E-state index contributed by atoms with van der Waals surface area (Å²) in [5.74, 6) is -0.627. The molecule has 0 unspecified atom stereocenters. The SMILES string of the molecule is NS(=O)(=O)c1ccc(C(=O)Nc2ncc(C(=O)NC3CCCCCCC3)s2)cc1. The first-order valence-electron chi connectivity index (χ1n) is 9.54. The molecule has 4 N–H and O–H groups in total.